The van der Waals surface area contributed by atoms with E-state index in [0.29, 0.717) is 12.8 Å². The smallest absolute Gasteiger partial charge is 0.306 e. The average molecular weight is 372 g/mol. The highest BCUT2D eigenvalue weighted by molar-refractivity contribution is 14.1. The summed E-state index contributed by atoms with van der Waals surface area (Å²) >= 11 is 2.15. The van der Waals surface area contributed by atoms with Crippen LogP contribution < -0.4 is 0 Å². The maximum absolute atomic E-state index is 12.3. The molecule has 0 bridgehead atoms. The lowest BCUT2D eigenvalue weighted by Crippen LogP contribution is -2.28. The summed E-state index contributed by atoms with van der Waals surface area (Å²) in [4.78, 5) is 23.5. The summed E-state index contributed by atoms with van der Waals surface area (Å²) in [6, 6.07) is 7.48. The number of rotatable bonds is 4. The summed E-state index contributed by atoms with van der Waals surface area (Å²) in [5.74, 6) is -1.03. The quantitative estimate of drug-likeness (QED) is 0.647. The molecule has 19 heavy (non-hydrogen) atoms. The average Bonchev–Trinajstić information content (AvgIpc) is 2.39. The predicted octanol–water partition coefficient (Wildman–Crippen LogP) is 3.76. The number of hydrogen-bond acceptors (Lipinski definition) is 2. The van der Waals surface area contributed by atoms with Gasteiger partial charge in [-0.2, -0.15) is 0 Å². The minimum atomic E-state index is -0.750. The van der Waals surface area contributed by atoms with Gasteiger partial charge in [-0.1, -0.05) is 31.0 Å². The number of carbonyl (C=O) groups excluding carboxylic acids is 1. The first-order chi connectivity index (χ1) is 9.09. The lowest BCUT2D eigenvalue weighted by Gasteiger charge is -2.28. The monoisotopic (exact) mass is 372 g/mol. The number of aliphatic carboxylic acids is 1. The van der Waals surface area contributed by atoms with E-state index in [2.05, 4.69) is 22.6 Å². The highest BCUT2D eigenvalue weighted by Crippen LogP contribution is 2.33. The molecule has 3 nitrogen and oxygen atoms in total. The second-order valence-electron chi connectivity index (χ2n) is 5.10. The first-order valence-corrected chi connectivity index (χ1v) is 7.68. The topological polar surface area (TPSA) is 54.4 Å². The number of Topliss-reactive ketones (excluding diaryl/α,β-unsaturated/α-hetero) is 1. The Kier molecular flexibility index (Phi) is 4.96. The fourth-order valence-electron chi connectivity index (χ4n) is 2.81. The van der Waals surface area contributed by atoms with Crippen molar-refractivity contribution in [3.05, 3.63) is 33.4 Å². The van der Waals surface area contributed by atoms with Crippen LogP contribution in [-0.2, 0) is 4.79 Å². The molecule has 1 aromatic carbocycles. The SMILES string of the molecule is O=C(C[C@@H]1CCCC[C@H]1C(=O)O)c1ccccc1I. The summed E-state index contributed by atoms with van der Waals surface area (Å²) < 4.78 is 0.938. The molecule has 2 atom stereocenters. The molecule has 1 aromatic rings. The first kappa shape index (κ1) is 14.5. The molecule has 2 rings (SSSR count). The largest absolute Gasteiger partial charge is 0.481 e. The van der Waals surface area contributed by atoms with Crippen molar-refractivity contribution >= 4 is 34.3 Å². The van der Waals surface area contributed by atoms with Gasteiger partial charge in [0, 0.05) is 15.6 Å². The van der Waals surface area contributed by atoms with Gasteiger partial charge in [0.2, 0.25) is 0 Å². The van der Waals surface area contributed by atoms with Crippen molar-refractivity contribution in [2.24, 2.45) is 11.8 Å². The van der Waals surface area contributed by atoms with E-state index in [4.69, 9.17) is 0 Å². The van der Waals surface area contributed by atoms with Gasteiger partial charge in [0.15, 0.2) is 5.78 Å². The summed E-state index contributed by atoms with van der Waals surface area (Å²) in [5, 5.41) is 9.23. The third kappa shape index (κ3) is 3.55. The van der Waals surface area contributed by atoms with E-state index in [1.807, 2.05) is 24.3 Å². The first-order valence-electron chi connectivity index (χ1n) is 6.60. The van der Waals surface area contributed by atoms with E-state index in [1.54, 1.807) is 0 Å². The fourth-order valence-corrected chi connectivity index (χ4v) is 3.50. The van der Waals surface area contributed by atoms with Gasteiger partial charge in [0.25, 0.3) is 0 Å². The zero-order valence-electron chi connectivity index (χ0n) is 10.6. The van der Waals surface area contributed by atoms with Gasteiger partial charge < -0.3 is 5.11 Å². The molecular formula is C15H17IO3. The lowest BCUT2D eigenvalue weighted by molar-refractivity contribution is -0.144. The third-order valence-electron chi connectivity index (χ3n) is 3.85. The van der Waals surface area contributed by atoms with Gasteiger partial charge in [-0.25, -0.2) is 0 Å². The number of ketones is 1. The van der Waals surface area contributed by atoms with Crippen molar-refractivity contribution in [2.45, 2.75) is 32.1 Å². The Hall–Kier alpha value is -0.910. The van der Waals surface area contributed by atoms with E-state index in [9.17, 15) is 14.7 Å². The number of hydrogen-bond donors (Lipinski definition) is 1. The van der Waals surface area contributed by atoms with E-state index >= 15 is 0 Å². The normalized spacial score (nSPS) is 23.0. The van der Waals surface area contributed by atoms with Crippen LogP contribution in [0.3, 0.4) is 0 Å². The van der Waals surface area contributed by atoms with Crippen molar-refractivity contribution in [1.29, 1.82) is 0 Å². The number of carboxylic acids is 1. The molecule has 0 heterocycles. The van der Waals surface area contributed by atoms with Crippen LogP contribution in [0.1, 0.15) is 42.5 Å². The Labute approximate surface area is 126 Å². The van der Waals surface area contributed by atoms with E-state index in [0.717, 1.165) is 28.4 Å². The maximum Gasteiger partial charge on any atom is 0.306 e. The summed E-state index contributed by atoms with van der Waals surface area (Å²) in [5.41, 5.74) is 0.720. The van der Waals surface area contributed by atoms with Crippen LogP contribution in [-0.4, -0.2) is 16.9 Å². The van der Waals surface area contributed by atoms with E-state index in [1.165, 1.54) is 0 Å². The second kappa shape index (κ2) is 6.50. The third-order valence-corrected chi connectivity index (χ3v) is 4.79. The number of carbonyl (C=O) groups is 2. The molecule has 4 heteroatoms. The van der Waals surface area contributed by atoms with Crippen molar-refractivity contribution in [1.82, 2.24) is 0 Å². The van der Waals surface area contributed by atoms with Gasteiger partial charge in [0.1, 0.15) is 0 Å². The van der Waals surface area contributed by atoms with Crippen molar-refractivity contribution in [3.8, 4) is 0 Å². The Balaban J connectivity index is 2.09. The van der Waals surface area contributed by atoms with Crippen molar-refractivity contribution in [2.75, 3.05) is 0 Å². The molecular weight excluding hydrogens is 355 g/mol. The number of carboxylic acid groups (broad SMARTS) is 1. The second-order valence-corrected chi connectivity index (χ2v) is 6.26. The molecule has 0 aromatic heterocycles. The van der Waals surface area contributed by atoms with Crippen molar-refractivity contribution in [3.63, 3.8) is 0 Å². The molecule has 0 spiro atoms. The minimum absolute atomic E-state index is 0.00486. The van der Waals surface area contributed by atoms with Crippen molar-refractivity contribution < 1.29 is 14.7 Å². The molecule has 0 aliphatic heterocycles. The molecule has 102 valence electrons. The maximum atomic E-state index is 12.3. The summed E-state index contributed by atoms with van der Waals surface area (Å²) in [7, 11) is 0. The zero-order valence-corrected chi connectivity index (χ0v) is 12.8. The molecule has 0 amide bonds. The summed E-state index contributed by atoms with van der Waals surface area (Å²) in [6.07, 6.45) is 3.92. The van der Waals surface area contributed by atoms with Gasteiger partial charge in [-0.05, 0) is 47.4 Å². The molecule has 1 saturated carbocycles. The van der Waals surface area contributed by atoms with E-state index < -0.39 is 5.97 Å². The lowest BCUT2D eigenvalue weighted by atomic mass is 9.76. The number of benzene rings is 1. The van der Waals surface area contributed by atoms with Crippen LogP contribution in [0.25, 0.3) is 0 Å². The van der Waals surface area contributed by atoms with Gasteiger partial charge in [-0.15, -0.1) is 0 Å². The van der Waals surface area contributed by atoms with E-state index in [-0.39, 0.29) is 17.6 Å². The molecule has 0 unspecified atom stereocenters. The number of halogens is 1. The molecule has 0 saturated heterocycles. The molecule has 0 radical (unpaired) electrons. The van der Waals surface area contributed by atoms with Gasteiger partial charge in [-0.3, -0.25) is 9.59 Å². The Morgan fingerprint density at radius 3 is 2.58 bits per heavy atom. The predicted molar refractivity (Wildman–Crippen MR) is 81.2 cm³/mol. The highest BCUT2D eigenvalue weighted by Gasteiger charge is 2.32. The van der Waals surface area contributed by atoms with Crippen LogP contribution >= 0.6 is 22.6 Å². The van der Waals surface area contributed by atoms with Crippen LogP contribution in [0.4, 0.5) is 0 Å². The Morgan fingerprint density at radius 1 is 1.21 bits per heavy atom. The van der Waals surface area contributed by atoms with Gasteiger partial charge >= 0.3 is 5.97 Å². The molecule has 1 aliphatic rings. The molecule has 1 N–H and O–H groups in total. The van der Waals surface area contributed by atoms with Crippen LogP contribution in [0, 0.1) is 15.4 Å². The minimum Gasteiger partial charge on any atom is -0.481 e. The molecule has 1 aliphatic carbocycles. The van der Waals surface area contributed by atoms with Crippen LogP contribution in [0.2, 0.25) is 0 Å². The Morgan fingerprint density at radius 2 is 1.89 bits per heavy atom. The van der Waals surface area contributed by atoms with Crippen LogP contribution in [0.15, 0.2) is 24.3 Å². The summed E-state index contributed by atoms with van der Waals surface area (Å²) in [6.45, 7) is 0. The highest BCUT2D eigenvalue weighted by atomic mass is 127. The standard InChI is InChI=1S/C15H17IO3/c16-13-8-4-3-7-12(13)14(17)9-10-5-1-2-6-11(10)15(18)19/h3-4,7-8,10-11H,1-2,5-6,9H2,(H,18,19)/t10-,11+/m0/s1. The van der Waals surface area contributed by atoms with Crippen LogP contribution in [0.5, 0.6) is 0 Å². The Bertz CT molecular complexity index is 484. The van der Waals surface area contributed by atoms with Gasteiger partial charge in [0.05, 0.1) is 5.92 Å². The zero-order chi connectivity index (χ0) is 13.8. The molecule has 1 fully saturated rings. The fraction of sp³-hybridized carbons (Fsp3) is 0.467.